The number of anilines is 2. The van der Waals surface area contributed by atoms with E-state index in [2.05, 4.69) is 36.4 Å². The van der Waals surface area contributed by atoms with Crippen molar-refractivity contribution in [3.8, 4) is 17.4 Å². The number of hydrogen-bond acceptors (Lipinski definition) is 6. The number of piperidine rings is 1. The van der Waals surface area contributed by atoms with Gasteiger partial charge in [-0.25, -0.2) is 14.6 Å². The van der Waals surface area contributed by atoms with E-state index in [4.69, 9.17) is 14.2 Å². The number of benzene rings is 3. The smallest absolute Gasteiger partial charge is 0.410 e. The Balaban J connectivity index is 1.06. The maximum Gasteiger partial charge on any atom is 0.410 e. The minimum absolute atomic E-state index is 0.123. The normalized spacial score (nSPS) is 13.5. The number of ether oxygens (including phenoxy) is 3. The van der Waals surface area contributed by atoms with Crippen LogP contribution in [0.5, 0.6) is 17.4 Å². The van der Waals surface area contributed by atoms with Crippen molar-refractivity contribution in [1.29, 1.82) is 0 Å². The van der Waals surface area contributed by atoms with Gasteiger partial charge in [-0.05, 0) is 72.2 Å². The molecule has 0 saturated carbocycles. The standard InChI is InChI=1S/C36H40N4O5/c1-36(2,3)30-12-7-8-14-32(30)45-33-31(13-9-21-37-33)39-34(41)38-28-15-17-29(18-16-28)43-24-27-19-22-40(23-20-27)35(42)44-25-26-10-5-4-6-11-26/h4-18,21,27H,19-20,22-25H2,1-3H3,(H2,38,39,41). The Hall–Kier alpha value is -5.05. The molecule has 234 valence electrons. The first-order valence-electron chi connectivity index (χ1n) is 15.2. The first kappa shape index (κ1) is 31.4. The predicted octanol–water partition coefficient (Wildman–Crippen LogP) is 8.24. The van der Waals surface area contributed by atoms with Crippen molar-refractivity contribution in [3.05, 3.63) is 108 Å². The van der Waals surface area contributed by atoms with Gasteiger partial charge >= 0.3 is 12.1 Å². The summed E-state index contributed by atoms with van der Waals surface area (Å²) in [5.41, 5.74) is 2.96. The van der Waals surface area contributed by atoms with Gasteiger partial charge in [-0.2, -0.15) is 0 Å². The zero-order valence-corrected chi connectivity index (χ0v) is 26.0. The summed E-state index contributed by atoms with van der Waals surface area (Å²) in [5.74, 6) is 2.06. The fraction of sp³-hybridized carbons (Fsp3) is 0.306. The number of carbonyl (C=O) groups excluding carboxylic acids is 2. The molecule has 0 aliphatic carbocycles. The van der Waals surface area contributed by atoms with Gasteiger partial charge in [0.25, 0.3) is 0 Å². The maximum absolute atomic E-state index is 12.8. The van der Waals surface area contributed by atoms with E-state index in [0.29, 0.717) is 54.4 Å². The molecule has 9 heteroatoms. The third kappa shape index (κ3) is 8.98. The van der Waals surface area contributed by atoms with Gasteiger partial charge in [0, 0.05) is 30.5 Å². The SMILES string of the molecule is CC(C)(C)c1ccccc1Oc1ncccc1NC(=O)Nc1ccc(OCC2CCN(C(=O)OCc3ccccc3)CC2)cc1. The number of hydrogen-bond donors (Lipinski definition) is 2. The molecule has 1 fully saturated rings. The topological polar surface area (TPSA) is 102 Å². The zero-order chi connectivity index (χ0) is 31.6. The number of nitrogens with one attached hydrogen (secondary N) is 2. The number of aromatic nitrogens is 1. The molecule has 0 atom stereocenters. The Labute approximate surface area is 264 Å². The summed E-state index contributed by atoms with van der Waals surface area (Å²) in [6.07, 6.45) is 3.05. The van der Waals surface area contributed by atoms with E-state index in [0.717, 1.165) is 24.0 Å². The molecule has 0 radical (unpaired) electrons. The van der Waals surface area contributed by atoms with Crippen molar-refractivity contribution in [2.24, 2.45) is 5.92 Å². The average molecular weight is 609 g/mol. The van der Waals surface area contributed by atoms with Gasteiger partial charge in [-0.1, -0.05) is 69.3 Å². The number of rotatable bonds is 9. The van der Waals surface area contributed by atoms with Crippen LogP contribution >= 0.6 is 0 Å². The lowest BCUT2D eigenvalue weighted by molar-refractivity contribution is 0.0761. The number of amides is 3. The highest BCUT2D eigenvalue weighted by Gasteiger charge is 2.24. The highest BCUT2D eigenvalue weighted by atomic mass is 16.6. The molecule has 1 aliphatic rings. The Morgan fingerprint density at radius 2 is 1.58 bits per heavy atom. The second-order valence-corrected chi connectivity index (χ2v) is 12.1. The Morgan fingerprint density at radius 3 is 2.31 bits per heavy atom. The van der Waals surface area contributed by atoms with Crippen molar-refractivity contribution in [2.45, 2.75) is 45.6 Å². The number of likely N-dealkylation sites (tertiary alicyclic amines) is 1. The number of nitrogens with zero attached hydrogens (tertiary/aromatic N) is 2. The molecular formula is C36H40N4O5. The molecule has 1 aliphatic heterocycles. The fourth-order valence-electron chi connectivity index (χ4n) is 5.07. The molecule has 3 amide bonds. The molecule has 4 aromatic rings. The van der Waals surface area contributed by atoms with Crippen LogP contribution < -0.4 is 20.1 Å². The van der Waals surface area contributed by atoms with Crippen LogP contribution in [0.15, 0.2) is 97.2 Å². The molecule has 1 saturated heterocycles. The fourth-order valence-corrected chi connectivity index (χ4v) is 5.07. The van der Waals surface area contributed by atoms with Crippen LogP contribution in [-0.4, -0.2) is 41.7 Å². The largest absolute Gasteiger partial charge is 0.493 e. The Bertz CT molecular complexity index is 1560. The molecule has 2 heterocycles. The molecule has 0 bridgehead atoms. The first-order valence-corrected chi connectivity index (χ1v) is 15.2. The average Bonchev–Trinajstić information content (AvgIpc) is 3.05. The second kappa shape index (κ2) is 14.6. The minimum atomic E-state index is -0.417. The summed E-state index contributed by atoms with van der Waals surface area (Å²) in [7, 11) is 0. The summed E-state index contributed by atoms with van der Waals surface area (Å²) in [6, 6.07) is 27.8. The van der Waals surface area contributed by atoms with Gasteiger partial charge < -0.3 is 29.7 Å². The van der Waals surface area contributed by atoms with Crippen molar-refractivity contribution in [3.63, 3.8) is 0 Å². The van der Waals surface area contributed by atoms with E-state index in [9.17, 15) is 9.59 Å². The van der Waals surface area contributed by atoms with E-state index >= 15 is 0 Å². The van der Waals surface area contributed by atoms with Crippen molar-refractivity contribution < 1.29 is 23.8 Å². The monoisotopic (exact) mass is 608 g/mol. The van der Waals surface area contributed by atoms with Crippen LogP contribution in [-0.2, 0) is 16.8 Å². The highest BCUT2D eigenvalue weighted by molar-refractivity contribution is 6.00. The van der Waals surface area contributed by atoms with Gasteiger partial charge in [0.15, 0.2) is 0 Å². The first-order chi connectivity index (χ1) is 21.7. The number of urea groups is 1. The lowest BCUT2D eigenvalue weighted by Crippen LogP contribution is -2.39. The van der Waals surface area contributed by atoms with E-state index in [1.54, 1.807) is 35.4 Å². The van der Waals surface area contributed by atoms with Crippen molar-refractivity contribution in [1.82, 2.24) is 9.88 Å². The maximum atomic E-state index is 12.8. The molecule has 1 aromatic heterocycles. The second-order valence-electron chi connectivity index (χ2n) is 12.1. The molecule has 5 rings (SSSR count). The quantitative estimate of drug-likeness (QED) is 0.198. The summed E-state index contributed by atoms with van der Waals surface area (Å²) in [6.45, 7) is 8.48. The molecule has 2 N–H and O–H groups in total. The highest BCUT2D eigenvalue weighted by Crippen LogP contribution is 2.35. The number of para-hydroxylation sites is 1. The van der Waals surface area contributed by atoms with Crippen molar-refractivity contribution >= 4 is 23.5 Å². The van der Waals surface area contributed by atoms with Gasteiger partial charge in [0.1, 0.15) is 23.8 Å². The Kier molecular flexibility index (Phi) is 10.2. The van der Waals surface area contributed by atoms with Crippen LogP contribution in [0.4, 0.5) is 21.0 Å². The molecule has 9 nitrogen and oxygen atoms in total. The van der Waals surface area contributed by atoms with Crippen LogP contribution in [0.3, 0.4) is 0 Å². The van der Waals surface area contributed by atoms with E-state index in [-0.39, 0.29) is 18.1 Å². The predicted molar refractivity (Wildman–Crippen MR) is 175 cm³/mol. The summed E-state index contributed by atoms with van der Waals surface area (Å²) in [5, 5.41) is 5.69. The van der Waals surface area contributed by atoms with E-state index < -0.39 is 6.03 Å². The molecular weight excluding hydrogens is 568 g/mol. The van der Waals surface area contributed by atoms with E-state index in [1.807, 2.05) is 66.7 Å². The molecule has 0 spiro atoms. The lowest BCUT2D eigenvalue weighted by atomic mass is 9.86. The summed E-state index contributed by atoms with van der Waals surface area (Å²) in [4.78, 5) is 31.4. The van der Waals surface area contributed by atoms with Gasteiger partial charge in [0.05, 0.1) is 6.61 Å². The van der Waals surface area contributed by atoms with Crippen LogP contribution in [0.1, 0.15) is 44.7 Å². The minimum Gasteiger partial charge on any atom is -0.493 e. The van der Waals surface area contributed by atoms with Crippen LogP contribution in [0.25, 0.3) is 0 Å². The molecule has 3 aromatic carbocycles. The van der Waals surface area contributed by atoms with Gasteiger partial charge in [-0.15, -0.1) is 0 Å². The summed E-state index contributed by atoms with van der Waals surface area (Å²) < 4.78 is 17.6. The Morgan fingerprint density at radius 1 is 0.867 bits per heavy atom. The zero-order valence-electron chi connectivity index (χ0n) is 26.0. The number of carbonyl (C=O) groups is 2. The van der Waals surface area contributed by atoms with Crippen LogP contribution in [0.2, 0.25) is 0 Å². The van der Waals surface area contributed by atoms with Crippen LogP contribution in [0, 0.1) is 5.92 Å². The molecule has 0 unspecified atom stereocenters. The van der Waals surface area contributed by atoms with Gasteiger partial charge in [0.2, 0.25) is 5.88 Å². The van der Waals surface area contributed by atoms with E-state index in [1.165, 1.54) is 0 Å². The summed E-state index contributed by atoms with van der Waals surface area (Å²) >= 11 is 0. The third-order valence-electron chi connectivity index (χ3n) is 7.60. The number of pyridine rings is 1. The third-order valence-corrected chi connectivity index (χ3v) is 7.60. The van der Waals surface area contributed by atoms with Gasteiger partial charge in [-0.3, -0.25) is 0 Å². The van der Waals surface area contributed by atoms with Crippen molar-refractivity contribution in [2.75, 3.05) is 30.3 Å². The lowest BCUT2D eigenvalue weighted by Gasteiger charge is -2.31. The molecule has 45 heavy (non-hydrogen) atoms.